The zero-order valence-electron chi connectivity index (χ0n) is 15.2. The molecule has 0 radical (unpaired) electrons. The van der Waals surface area contributed by atoms with Gasteiger partial charge in [-0.2, -0.15) is 0 Å². The highest BCUT2D eigenvalue weighted by Crippen LogP contribution is 2.43. The van der Waals surface area contributed by atoms with Crippen LogP contribution in [0.25, 0.3) is 0 Å². The smallest absolute Gasteiger partial charge is 0.336 e. The number of hydrogen-bond donors (Lipinski definition) is 0. The van der Waals surface area contributed by atoms with E-state index in [1.54, 1.807) is 0 Å². The van der Waals surface area contributed by atoms with Crippen LogP contribution in [0.1, 0.15) is 56.6 Å². The number of fused-ring (bicyclic) bond motifs is 1. The molecule has 2 unspecified atom stereocenters. The summed E-state index contributed by atoms with van der Waals surface area (Å²) in [6.07, 6.45) is 3.00. The van der Waals surface area contributed by atoms with E-state index in [1.807, 2.05) is 45.0 Å². The van der Waals surface area contributed by atoms with Crippen LogP contribution < -0.4 is 0 Å². The molecule has 0 saturated heterocycles. The summed E-state index contributed by atoms with van der Waals surface area (Å²) in [5.74, 6) is -0.774. The van der Waals surface area contributed by atoms with E-state index in [2.05, 4.69) is 4.99 Å². The maximum atomic E-state index is 12.7. The predicted molar refractivity (Wildman–Crippen MR) is 97.7 cm³/mol. The summed E-state index contributed by atoms with van der Waals surface area (Å²) >= 11 is 0. The van der Waals surface area contributed by atoms with Gasteiger partial charge < -0.3 is 4.74 Å². The number of ketones is 1. The average molecular weight is 339 g/mol. The van der Waals surface area contributed by atoms with E-state index in [1.165, 1.54) is 0 Å². The Morgan fingerprint density at radius 1 is 1.16 bits per heavy atom. The SMILES string of the molecule is CCCOC(=O)C1=C(C)N=C2CCCC(=O)C2C1c1ccc(C)cc1. The molecular formula is C21H25NO3. The Kier molecular flexibility index (Phi) is 5.16. The lowest BCUT2D eigenvalue weighted by Crippen LogP contribution is -2.39. The Bertz CT molecular complexity index is 743. The molecule has 0 bridgehead atoms. The van der Waals surface area contributed by atoms with Crippen molar-refractivity contribution in [2.45, 2.75) is 52.4 Å². The fourth-order valence-electron chi connectivity index (χ4n) is 3.79. The molecule has 0 amide bonds. The number of aliphatic imine (C=N–C) groups is 1. The van der Waals surface area contributed by atoms with Gasteiger partial charge in [0, 0.05) is 23.7 Å². The Hall–Kier alpha value is -2.23. The average Bonchev–Trinajstić information content (AvgIpc) is 2.59. The van der Waals surface area contributed by atoms with Crippen molar-refractivity contribution >= 4 is 17.5 Å². The van der Waals surface area contributed by atoms with Crippen LogP contribution in [0.15, 0.2) is 40.5 Å². The first-order valence-corrected chi connectivity index (χ1v) is 9.07. The molecule has 4 nitrogen and oxygen atoms in total. The molecule has 2 aliphatic rings. The number of carbonyl (C=O) groups is 2. The molecule has 132 valence electrons. The Labute approximate surface area is 149 Å². The quantitative estimate of drug-likeness (QED) is 0.775. The van der Waals surface area contributed by atoms with Gasteiger partial charge in [-0.3, -0.25) is 9.79 Å². The molecule has 0 N–H and O–H groups in total. The first-order valence-electron chi connectivity index (χ1n) is 9.07. The van der Waals surface area contributed by atoms with Crippen molar-refractivity contribution in [2.24, 2.45) is 10.9 Å². The zero-order chi connectivity index (χ0) is 18.0. The van der Waals surface area contributed by atoms with Crippen molar-refractivity contribution < 1.29 is 14.3 Å². The lowest BCUT2D eigenvalue weighted by Gasteiger charge is -2.35. The van der Waals surface area contributed by atoms with Crippen molar-refractivity contribution in [1.29, 1.82) is 0 Å². The van der Waals surface area contributed by atoms with Crippen molar-refractivity contribution in [3.8, 4) is 0 Å². The second-order valence-corrected chi connectivity index (χ2v) is 6.92. The monoisotopic (exact) mass is 339 g/mol. The molecule has 25 heavy (non-hydrogen) atoms. The van der Waals surface area contributed by atoms with E-state index >= 15 is 0 Å². The molecule has 4 heteroatoms. The third-order valence-corrected chi connectivity index (χ3v) is 5.00. The Morgan fingerprint density at radius 2 is 1.88 bits per heavy atom. The number of hydrogen-bond acceptors (Lipinski definition) is 4. The highest BCUT2D eigenvalue weighted by Gasteiger charge is 2.43. The van der Waals surface area contributed by atoms with Gasteiger partial charge in [0.05, 0.1) is 18.1 Å². The maximum Gasteiger partial charge on any atom is 0.336 e. The third-order valence-electron chi connectivity index (χ3n) is 5.00. The van der Waals surface area contributed by atoms with Crippen molar-refractivity contribution in [3.63, 3.8) is 0 Å². The van der Waals surface area contributed by atoms with Gasteiger partial charge in [0.2, 0.25) is 0 Å². The van der Waals surface area contributed by atoms with Gasteiger partial charge in [-0.05, 0) is 38.7 Å². The van der Waals surface area contributed by atoms with Crippen LogP contribution in [0.5, 0.6) is 0 Å². The van der Waals surface area contributed by atoms with E-state index in [4.69, 9.17) is 4.74 Å². The first kappa shape index (κ1) is 17.6. The van der Waals surface area contributed by atoms with Gasteiger partial charge in [-0.25, -0.2) is 4.79 Å². The van der Waals surface area contributed by atoms with E-state index in [-0.39, 0.29) is 23.6 Å². The minimum atomic E-state index is -0.342. The second-order valence-electron chi connectivity index (χ2n) is 6.92. The number of carbonyl (C=O) groups excluding carboxylic acids is 2. The largest absolute Gasteiger partial charge is 0.462 e. The Balaban J connectivity index is 2.09. The number of benzene rings is 1. The summed E-state index contributed by atoms with van der Waals surface area (Å²) in [6, 6.07) is 8.09. The molecule has 1 aliphatic carbocycles. The Morgan fingerprint density at radius 3 is 2.56 bits per heavy atom. The molecule has 1 aromatic carbocycles. The summed E-state index contributed by atoms with van der Waals surface area (Å²) in [5.41, 5.74) is 4.29. The van der Waals surface area contributed by atoms with Crippen molar-refractivity contribution in [2.75, 3.05) is 6.61 Å². The number of esters is 1. The van der Waals surface area contributed by atoms with Crippen LogP contribution in [0, 0.1) is 12.8 Å². The summed E-state index contributed by atoms with van der Waals surface area (Å²) < 4.78 is 5.41. The normalized spacial score (nSPS) is 23.2. The maximum absolute atomic E-state index is 12.7. The molecule has 1 aliphatic heterocycles. The van der Waals surface area contributed by atoms with Crippen LogP contribution in [-0.4, -0.2) is 24.1 Å². The van der Waals surface area contributed by atoms with E-state index in [0.717, 1.165) is 36.1 Å². The summed E-state index contributed by atoms with van der Waals surface area (Å²) in [6.45, 7) is 6.23. The number of aryl methyl sites for hydroxylation is 1. The highest BCUT2D eigenvalue weighted by molar-refractivity contribution is 6.11. The predicted octanol–water partition coefficient (Wildman–Crippen LogP) is 4.13. The number of rotatable bonds is 4. The topological polar surface area (TPSA) is 55.7 Å². The van der Waals surface area contributed by atoms with Crippen LogP contribution in [0.2, 0.25) is 0 Å². The lowest BCUT2D eigenvalue weighted by molar-refractivity contribution is -0.139. The molecule has 2 atom stereocenters. The molecule has 0 aromatic heterocycles. The molecular weight excluding hydrogens is 314 g/mol. The lowest BCUT2D eigenvalue weighted by atomic mass is 9.69. The van der Waals surface area contributed by atoms with Gasteiger partial charge in [0.15, 0.2) is 0 Å². The van der Waals surface area contributed by atoms with Gasteiger partial charge in [-0.15, -0.1) is 0 Å². The summed E-state index contributed by atoms with van der Waals surface area (Å²) in [7, 11) is 0. The molecule has 1 heterocycles. The highest BCUT2D eigenvalue weighted by atomic mass is 16.5. The fourth-order valence-corrected chi connectivity index (χ4v) is 3.79. The standard InChI is InChI=1S/C21H25NO3/c1-4-12-25-21(24)18-14(3)22-16-6-5-7-17(23)20(16)19(18)15-10-8-13(2)9-11-15/h8-11,19-20H,4-7,12H2,1-3H3. The summed E-state index contributed by atoms with van der Waals surface area (Å²) in [4.78, 5) is 30.1. The summed E-state index contributed by atoms with van der Waals surface area (Å²) in [5, 5.41) is 0. The van der Waals surface area contributed by atoms with Crippen LogP contribution in [0.4, 0.5) is 0 Å². The third kappa shape index (κ3) is 3.44. The zero-order valence-corrected chi connectivity index (χ0v) is 15.2. The van der Waals surface area contributed by atoms with E-state index in [0.29, 0.717) is 24.3 Å². The molecule has 1 aromatic rings. The number of allylic oxidation sites excluding steroid dienone is 1. The van der Waals surface area contributed by atoms with Crippen LogP contribution in [0.3, 0.4) is 0 Å². The number of Topliss-reactive ketones (excluding diaryl/α,β-unsaturated/α-hetero) is 1. The van der Waals surface area contributed by atoms with Gasteiger partial charge >= 0.3 is 5.97 Å². The second kappa shape index (κ2) is 7.34. The number of nitrogens with zero attached hydrogens (tertiary/aromatic N) is 1. The van der Waals surface area contributed by atoms with Crippen molar-refractivity contribution in [1.82, 2.24) is 0 Å². The van der Waals surface area contributed by atoms with Crippen LogP contribution in [-0.2, 0) is 14.3 Å². The van der Waals surface area contributed by atoms with Gasteiger partial charge in [0.1, 0.15) is 5.78 Å². The van der Waals surface area contributed by atoms with E-state index < -0.39 is 0 Å². The van der Waals surface area contributed by atoms with Crippen LogP contribution >= 0.6 is 0 Å². The van der Waals surface area contributed by atoms with E-state index in [9.17, 15) is 9.59 Å². The minimum absolute atomic E-state index is 0.184. The fraction of sp³-hybridized carbons (Fsp3) is 0.476. The minimum Gasteiger partial charge on any atom is -0.462 e. The van der Waals surface area contributed by atoms with Gasteiger partial charge in [-0.1, -0.05) is 36.8 Å². The molecule has 0 spiro atoms. The molecule has 1 saturated carbocycles. The number of ether oxygens (including phenoxy) is 1. The van der Waals surface area contributed by atoms with Crippen molar-refractivity contribution in [3.05, 3.63) is 46.7 Å². The molecule has 1 fully saturated rings. The first-order chi connectivity index (χ1) is 12.0. The molecule has 3 rings (SSSR count). The van der Waals surface area contributed by atoms with Gasteiger partial charge in [0.25, 0.3) is 0 Å².